The molecule has 13 heavy (non-hydrogen) atoms. The van der Waals surface area contributed by atoms with Gasteiger partial charge in [-0.3, -0.25) is 0 Å². The van der Waals surface area contributed by atoms with Gasteiger partial charge in [-0.15, -0.1) is 0 Å². The van der Waals surface area contributed by atoms with Crippen LogP contribution in [0, 0.1) is 5.92 Å². The molecule has 1 unspecified atom stereocenters. The molecule has 0 rings (SSSR count). The maximum Gasteiger partial charge on any atom is 0.155 e. The monoisotopic (exact) mass is 270 g/mol. The molecule has 1 atom stereocenters. The average molecular weight is 271 g/mol. The van der Waals surface area contributed by atoms with Gasteiger partial charge in [0.2, 0.25) is 0 Å². The van der Waals surface area contributed by atoms with Crippen LogP contribution in [0.4, 0.5) is 0 Å². The van der Waals surface area contributed by atoms with Gasteiger partial charge in [-0.25, -0.2) is 8.42 Å². The van der Waals surface area contributed by atoms with Crippen LogP contribution in [0.1, 0.15) is 34.1 Å². The Labute approximate surface area is 90.2 Å². The molecular weight excluding hydrogens is 252 g/mol. The Balaban J connectivity index is 4.22. The second-order valence-corrected chi connectivity index (χ2v) is 7.99. The first-order valence-electron chi connectivity index (χ1n) is 4.49. The van der Waals surface area contributed by atoms with Gasteiger partial charge in [-0.1, -0.05) is 22.9 Å². The zero-order valence-electron chi connectivity index (χ0n) is 8.80. The van der Waals surface area contributed by atoms with E-state index in [1.165, 1.54) is 0 Å². The SMILES string of the molecule is CC(CBr)CCS(=O)(=O)C(C)(C)C. The van der Waals surface area contributed by atoms with Crippen molar-refractivity contribution in [2.24, 2.45) is 5.92 Å². The minimum absolute atomic E-state index is 0.295. The molecule has 0 aromatic carbocycles. The van der Waals surface area contributed by atoms with Crippen molar-refractivity contribution in [1.29, 1.82) is 0 Å². The molecule has 0 aliphatic carbocycles. The van der Waals surface area contributed by atoms with Crippen LogP contribution in [-0.2, 0) is 9.84 Å². The summed E-state index contributed by atoms with van der Waals surface area (Å²) in [5.74, 6) is 0.723. The van der Waals surface area contributed by atoms with Crippen LogP contribution >= 0.6 is 15.9 Å². The zero-order valence-corrected chi connectivity index (χ0v) is 11.2. The number of hydrogen-bond donors (Lipinski definition) is 0. The molecule has 0 heterocycles. The Hall–Kier alpha value is 0.430. The van der Waals surface area contributed by atoms with Gasteiger partial charge in [0.25, 0.3) is 0 Å². The molecule has 0 bridgehead atoms. The van der Waals surface area contributed by atoms with Crippen LogP contribution in [-0.4, -0.2) is 24.2 Å². The van der Waals surface area contributed by atoms with E-state index in [1.54, 1.807) is 20.8 Å². The van der Waals surface area contributed by atoms with Crippen molar-refractivity contribution in [3.05, 3.63) is 0 Å². The van der Waals surface area contributed by atoms with E-state index < -0.39 is 14.6 Å². The Morgan fingerprint density at radius 2 is 1.77 bits per heavy atom. The molecule has 0 spiro atoms. The first-order chi connectivity index (χ1) is 5.70. The Morgan fingerprint density at radius 3 is 2.08 bits per heavy atom. The summed E-state index contributed by atoms with van der Waals surface area (Å²) in [6, 6.07) is 0. The summed E-state index contributed by atoms with van der Waals surface area (Å²) in [7, 11) is -2.92. The zero-order chi connectivity index (χ0) is 10.7. The van der Waals surface area contributed by atoms with Crippen molar-refractivity contribution in [2.75, 3.05) is 11.1 Å². The van der Waals surface area contributed by atoms with Crippen molar-refractivity contribution in [3.8, 4) is 0 Å². The molecule has 0 aliphatic heterocycles. The standard InChI is InChI=1S/C9H19BrO2S/c1-8(7-10)5-6-13(11,12)9(2,3)4/h8H,5-7H2,1-4H3. The fourth-order valence-electron chi connectivity index (χ4n) is 0.740. The fraction of sp³-hybridized carbons (Fsp3) is 1.00. The number of rotatable bonds is 4. The van der Waals surface area contributed by atoms with E-state index in [1.807, 2.05) is 6.92 Å². The second kappa shape index (κ2) is 4.78. The molecule has 0 radical (unpaired) electrons. The van der Waals surface area contributed by atoms with Gasteiger partial charge in [0.15, 0.2) is 9.84 Å². The highest BCUT2D eigenvalue weighted by Crippen LogP contribution is 2.18. The lowest BCUT2D eigenvalue weighted by Crippen LogP contribution is -2.31. The molecule has 0 N–H and O–H groups in total. The second-order valence-electron chi connectivity index (χ2n) is 4.48. The Bertz CT molecular complexity index is 239. The number of hydrogen-bond acceptors (Lipinski definition) is 2. The number of halogens is 1. The summed E-state index contributed by atoms with van der Waals surface area (Å²) >= 11 is 3.34. The van der Waals surface area contributed by atoms with Gasteiger partial charge in [-0.05, 0) is 33.1 Å². The highest BCUT2D eigenvalue weighted by Gasteiger charge is 2.28. The van der Waals surface area contributed by atoms with Crippen molar-refractivity contribution >= 4 is 25.8 Å². The van der Waals surface area contributed by atoms with Crippen LogP contribution in [0.3, 0.4) is 0 Å². The Kier molecular flexibility index (Phi) is 4.94. The molecule has 0 saturated heterocycles. The fourth-order valence-corrected chi connectivity index (χ4v) is 2.39. The van der Waals surface area contributed by atoms with Crippen molar-refractivity contribution in [3.63, 3.8) is 0 Å². The summed E-state index contributed by atoms with van der Waals surface area (Å²) < 4.78 is 22.7. The van der Waals surface area contributed by atoms with E-state index in [9.17, 15) is 8.42 Å². The third-order valence-electron chi connectivity index (χ3n) is 2.08. The average Bonchev–Trinajstić information content (AvgIpc) is 1.98. The minimum atomic E-state index is -2.92. The maximum atomic E-state index is 11.7. The van der Waals surface area contributed by atoms with Gasteiger partial charge < -0.3 is 0 Å². The lowest BCUT2D eigenvalue weighted by atomic mass is 10.2. The summed E-state index contributed by atoms with van der Waals surface area (Å²) in [6.07, 6.45) is 0.741. The predicted molar refractivity (Wildman–Crippen MR) is 61.1 cm³/mol. The van der Waals surface area contributed by atoms with E-state index in [4.69, 9.17) is 0 Å². The normalized spacial score (nSPS) is 15.8. The smallest absolute Gasteiger partial charge is 0.155 e. The van der Waals surface area contributed by atoms with Gasteiger partial charge in [-0.2, -0.15) is 0 Å². The van der Waals surface area contributed by atoms with Gasteiger partial charge in [0.1, 0.15) is 0 Å². The summed E-state index contributed by atoms with van der Waals surface area (Å²) in [4.78, 5) is 0. The largest absolute Gasteiger partial charge is 0.228 e. The first kappa shape index (κ1) is 13.4. The third-order valence-corrected chi connectivity index (χ3v) is 5.82. The van der Waals surface area contributed by atoms with Crippen LogP contribution in [0.25, 0.3) is 0 Å². The molecule has 4 heteroatoms. The van der Waals surface area contributed by atoms with Gasteiger partial charge >= 0.3 is 0 Å². The molecular formula is C9H19BrO2S. The van der Waals surface area contributed by atoms with Gasteiger partial charge in [0.05, 0.1) is 10.5 Å². The maximum absolute atomic E-state index is 11.7. The highest BCUT2D eigenvalue weighted by molar-refractivity contribution is 9.09. The summed E-state index contributed by atoms with van der Waals surface area (Å²) in [5.41, 5.74) is 0. The third kappa shape index (κ3) is 4.45. The lowest BCUT2D eigenvalue weighted by molar-refractivity contribution is 0.546. The van der Waals surface area contributed by atoms with Crippen LogP contribution in [0.2, 0.25) is 0 Å². The number of alkyl halides is 1. The summed E-state index contributed by atoms with van der Waals surface area (Å²) in [6.45, 7) is 7.30. The molecule has 0 aromatic heterocycles. The van der Waals surface area contributed by atoms with Gasteiger partial charge in [0, 0.05) is 5.33 Å². The van der Waals surface area contributed by atoms with Crippen molar-refractivity contribution in [1.82, 2.24) is 0 Å². The molecule has 0 aliphatic rings. The molecule has 0 saturated carbocycles. The molecule has 0 fully saturated rings. The van der Waals surface area contributed by atoms with E-state index in [0.29, 0.717) is 11.7 Å². The van der Waals surface area contributed by atoms with E-state index in [0.717, 1.165) is 11.8 Å². The first-order valence-corrected chi connectivity index (χ1v) is 7.26. The Morgan fingerprint density at radius 1 is 1.31 bits per heavy atom. The van der Waals surface area contributed by atoms with Crippen molar-refractivity contribution in [2.45, 2.75) is 38.9 Å². The molecule has 2 nitrogen and oxygen atoms in total. The van der Waals surface area contributed by atoms with E-state index >= 15 is 0 Å². The lowest BCUT2D eigenvalue weighted by Gasteiger charge is -2.19. The molecule has 0 aromatic rings. The molecule has 0 amide bonds. The quantitative estimate of drug-likeness (QED) is 0.736. The predicted octanol–water partition coefficient (Wildman–Crippen LogP) is 2.62. The van der Waals surface area contributed by atoms with E-state index in [-0.39, 0.29) is 0 Å². The van der Waals surface area contributed by atoms with Crippen LogP contribution in [0.5, 0.6) is 0 Å². The highest BCUT2D eigenvalue weighted by atomic mass is 79.9. The van der Waals surface area contributed by atoms with Crippen LogP contribution < -0.4 is 0 Å². The topological polar surface area (TPSA) is 34.1 Å². The van der Waals surface area contributed by atoms with E-state index in [2.05, 4.69) is 15.9 Å². The minimum Gasteiger partial charge on any atom is -0.228 e. The summed E-state index contributed by atoms with van der Waals surface area (Å²) in [5, 5.41) is 0.868. The molecule has 80 valence electrons. The van der Waals surface area contributed by atoms with Crippen molar-refractivity contribution < 1.29 is 8.42 Å². The van der Waals surface area contributed by atoms with Crippen LogP contribution in [0.15, 0.2) is 0 Å². The number of sulfone groups is 1.